The second-order valence-electron chi connectivity index (χ2n) is 8.28. The maximum absolute atomic E-state index is 12.3. The van der Waals surface area contributed by atoms with Gasteiger partial charge in [-0.15, -0.1) is 0 Å². The predicted molar refractivity (Wildman–Crippen MR) is 116 cm³/mol. The molecule has 1 aliphatic heterocycles. The fourth-order valence-corrected chi connectivity index (χ4v) is 6.01. The molecule has 2 unspecified atom stereocenters. The lowest BCUT2D eigenvalue weighted by molar-refractivity contribution is -0.00535. The van der Waals surface area contributed by atoms with E-state index >= 15 is 0 Å². The highest BCUT2D eigenvalue weighted by Gasteiger charge is 2.40. The van der Waals surface area contributed by atoms with Crippen LogP contribution in [0.3, 0.4) is 0 Å². The highest BCUT2D eigenvalue weighted by Crippen LogP contribution is 2.34. The number of nitrogens with zero attached hydrogens (tertiary/aromatic N) is 1. The molecular formula is C22H34N2O5S. The number of likely N-dealkylation sites (tertiary alicyclic amines) is 1. The number of carbonyl (C=O) groups excluding carboxylic acids is 1. The standard InChI is InChI=1S/C22H34N2O5S/c1-3-15-30(26,27)23-20-13-14-24(22(25)28-2)21(20)16-29-19-11-9-18(10-12-19)17-7-5-4-6-8-17/h4-8,18-21,23H,3,9-16H2,1-2H3. The molecule has 7 nitrogen and oxygen atoms in total. The number of ether oxygens (including phenoxy) is 2. The molecule has 168 valence electrons. The average Bonchev–Trinajstić information content (AvgIpc) is 3.14. The van der Waals surface area contributed by atoms with Crippen molar-refractivity contribution in [2.75, 3.05) is 26.0 Å². The minimum absolute atomic E-state index is 0.0821. The summed E-state index contributed by atoms with van der Waals surface area (Å²) in [7, 11) is -2.02. The number of benzene rings is 1. The van der Waals surface area contributed by atoms with Gasteiger partial charge in [0.25, 0.3) is 0 Å². The maximum Gasteiger partial charge on any atom is 0.409 e. The summed E-state index contributed by atoms with van der Waals surface area (Å²) in [6, 6.07) is 9.88. The number of rotatable bonds is 8. The monoisotopic (exact) mass is 438 g/mol. The lowest BCUT2D eigenvalue weighted by Gasteiger charge is -2.32. The Morgan fingerprint density at radius 1 is 1.13 bits per heavy atom. The first-order valence-electron chi connectivity index (χ1n) is 10.9. The third kappa shape index (κ3) is 5.95. The molecule has 2 atom stereocenters. The Hall–Kier alpha value is -1.64. The van der Waals surface area contributed by atoms with E-state index in [-0.39, 0.29) is 23.9 Å². The van der Waals surface area contributed by atoms with Gasteiger partial charge >= 0.3 is 6.09 Å². The van der Waals surface area contributed by atoms with Crippen LogP contribution in [0, 0.1) is 0 Å². The van der Waals surface area contributed by atoms with E-state index in [1.165, 1.54) is 12.7 Å². The van der Waals surface area contributed by atoms with E-state index in [4.69, 9.17) is 9.47 Å². The van der Waals surface area contributed by atoms with E-state index in [9.17, 15) is 13.2 Å². The van der Waals surface area contributed by atoms with Crippen molar-refractivity contribution in [1.82, 2.24) is 9.62 Å². The minimum atomic E-state index is -3.37. The molecule has 3 rings (SSSR count). The van der Waals surface area contributed by atoms with Crippen molar-refractivity contribution < 1.29 is 22.7 Å². The molecule has 2 fully saturated rings. The Labute approximate surface area is 180 Å². The van der Waals surface area contributed by atoms with Crippen molar-refractivity contribution in [3.05, 3.63) is 35.9 Å². The van der Waals surface area contributed by atoms with Gasteiger partial charge in [0, 0.05) is 12.6 Å². The van der Waals surface area contributed by atoms with Crippen LogP contribution >= 0.6 is 0 Å². The molecule has 8 heteroatoms. The van der Waals surface area contributed by atoms with E-state index in [0.717, 1.165) is 25.7 Å². The van der Waals surface area contributed by atoms with Crippen molar-refractivity contribution >= 4 is 16.1 Å². The molecule has 2 aliphatic rings. The van der Waals surface area contributed by atoms with Crippen molar-refractivity contribution in [2.45, 2.75) is 69.6 Å². The van der Waals surface area contributed by atoms with Gasteiger partial charge < -0.3 is 14.4 Å². The number of hydrogen-bond donors (Lipinski definition) is 1. The SMILES string of the molecule is CCCS(=O)(=O)NC1CCN(C(=O)OC)C1COC1CCC(c2ccccc2)CC1. The van der Waals surface area contributed by atoms with Gasteiger partial charge in [-0.25, -0.2) is 17.9 Å². The third-order valence-electron chi connectivity index (χ3n) is 6.21. The number of methoxy groups -OCH3 is 1. The van der Waals surface area contributed by atoms with Crippen molar-refractivity contribution in [1.29, 1.82) is 0 Å². The molecule has 1 saturated heterocycles. The smallest absolute Gasteiger partial charge is 0.409 e. The molecule has 1 aliphatic carbocycles. The third-order valence-corrected chi connectivity index (χ3v) is 7.81. The molecule has 1 saturated carbocycles. The van der Waals surface area contributed by atoms with Crippen LogP contribution in [0.1, 0.15) is 56.9 Å². The fourth-order valence-electron chi connectivity index (χ4n) is 4.62. The highest BCUT2D eigenvalue weighted by molar-refractivity contribution is 7.89. The predicted octanol–water partition coefficient (Wildman–Crippen LogP) is 3.27. The summed E-state index contributed by atoms with van der Waals surface area (Å²) in [5, 5.41) is 0. The van der Waals surface area contributed by atoms with Crippen molar-refractivity contribution in [3.8, 4) is 0 Å². The molecule has 1 amide bonds. The average molecular weight is 439 g/mol. The quantitative estimate of drug-likeness (QED) is 0.673. The van der Waals surface area contributed by atoms with Crippen LogP contribution < -0.4 is 4.72 Å². The summed E-state index contributed by atoms with van der Waals surface area (Å²) in [6.07, 6.45) is 4.90. The van der Waals surface area contributed by atoms with E-state index < -0.39 is 16.1 Å². The number of nitrogens with one attached hydrogen (secondary N) is 1. The van der Waals surface area contributed by atoms with Crippen LogP contribution in [0.25, 0.3) is 0 Å². The summed E-state index contributed by atoms with van der Waals surface area (Å²) >= 11 is 0. The van der Waals surface area contributed by atoms with Gasteiger partial charge in [0.2, 0.25) is 10.0 Å². The highest BCUT2D eigenvalue weighted by atomic mass is 32.2. The van der Waals surface area contributed by atoms with E-state index in [1.807, 2.05) is 13.0 Å². The largest absolute Gasteiger partial charge is 0.453 e. The van der Waals surface area contributed by atoms with Crippen LogP contribution in [-0.2, 0) is 19.5 Å². The summed E-state index contributed by atoms with van der Waals surface area (Å²) in [5.74, 6) is 0.649. The molecule has 0 aromatic heterocycles. The zero-order chi connectivity index (χ0) is 21.6. The van der Waals surface area contributed by atoms with Gasteiger partial charge in [0.05, 0.1) is 31.6 Å². The Kier molecular flexibility index (Phi) is 8.13. The van der Waals surface area contributed by atoms with Crippen LogP contribution in [0.15, 0.2) is 30.3 Å². The molecule has 1 N–H and O–H groups in total. The summed E-state index contributed by atoms with van der Waals surface area (Å²) in [4.78, 5) is 13.8. The minimum Gasteiger partial charge on any atom is -0.453 e. The van der Waals surface area contributed by atoms with Gasteiger partial charge in [-0.3, -0.25) is 0 Å². The first-order valence-corrected chi connectivity index (χ1v) is 12.6. The first-order chi connectivity index (χ1) is 14.4. The molecule has 0 bridgehead atoms. The Balaban J connectivity index is 1.57. The van der Waals surface area contributed by atoms with Gasteiger partial charge in [0.1, 0.15) is 0 Å². The van der Waals surface area contributed by atoms with Crippen LogP contribution in [0.4, 0.5) is 4.79 Å². The summed E-state index contributed by atoms with van der Waals surface area (Å²) < 4.78 is 38.4. The Morgan fingerprint density at radius 2 is 1.83 bits per heavy atom. The zero-order valence-corrected chi connectivity index (χ0v) is 18.8. The van der Waals surface area contributed by atoms with Gasteiger partial charge in [-0.2, -0.15) is 0 Å². The topological polar surface area (TPSA) is 84.9 Å². The van der Waals surface area contributed by atoms with Gasteiger partial charge in [-0.1, -0.05) is 37.3 Å². The Morgan fingerprint density at radius 3 is 2.47 bits per heavy atom. The molecule has 30 heavy (non-hydrogen) atoms. The fraction of sp³-hybridized carbons (Fsp3) is 0.682. The maximum atomic E-state index is 12.3. The lowest BCUT2D eigenvalue weighted by atomic mass is 9.83. The number of sulfonamides is 1. The van der Waals surface area contributed by atoms with Crippen molar-refractivity contribution in [2.24, 2.45) is 0 Å². The number of carbonyl (C=O) groups is 1. The summed E-state index contributed by atoms with van der Waals surface area (Å²) in [6.45, 7) is 2.61. The van der Waals surface area contributed by atoms with E-state index in [1.54, 1.807) is 4.90 Å². The lowest BCUT2D eigenvalue weighted by Crippen LogP contribution is -2.50. The first kappa shape index (κ1) is 23.0. The van der Waals surface area contributed by atoms with Gasteiger partial charge in [0.15, 0.2) is 0 Å². The number of hydrogen-bond acceptors (Lipinski definition) is 5. The molecule has 1 aromatic rings. The molecule has 0 spiro atoms. The van der Waals surface area contributed by atoms with E-state index in [2.05, 4.69) is 29.0 Å². The normalized spacial score (nSPS) is 27.2. The molecule has 1 heterocycles. The number of amides is 1. The van der Waals surface area contributed by atoms with Crippen LogP contribution in [0.5, 0.6) is 0 Å². The second-order valence-corrected chi connectivity index (χ2v) is 10.2. The molecule has 1 aromatic carbocycles. The second kappa shape index (κ2) is 10.6. The zero-order valence-electron chi connectivity index (χ0n) is 18.0. The van der Waals surface area contributed by atoms with Gasteiger partial charge in [-0.05, 0) is 50.0 Å². The van der Waals surface area contributed by atoms with Crippen molar-refractivity contribution in [3.63, 3.8) is 0 Å². The van der Waals surface area contributed by atoms with Crippen LogP contribution in [0.2, 0.25) is 0 Å². The Bertz CT molecular complexity index is 778. The summed E-state index contributed by atoms with van der Waals surface area (Å²) in [5.41, 5.74) is 1.38. The molecule has 0 radical (unpaired) electrons. The van der Waals surface area contributed by atoms with E-state index in [0.29, 0.717) is 31.9 Å². The molecular weight excluding hydrogens is 404 g/mol. The van der Waals surface area contributed by atoms with Crippen LogP contribution in [-0.4, -0.2) is 63.6 Å².